The summed E-state index contributed by atoms with van der Waals surface area (Å²) in [6.45, 7) is 13.4. The molecule has 0 unspecified atom stereocenters. The molecule has 3 N–H and O–H groups in total. The summed E-state index contributed by atoms with van der Waals surface area (Å²) in [4.78, 5) is 74.4. The molecule has 280 valence electrons. The number of benzene rings is 1. The van der Waals surface area contributed by atoms with Gasteiger partial charge in [0.2, 0.25) is 27.7 Å². The number of allylic oxidation sites excluding steroid dienone is 1. The van der Waals surface area contributed by atoms with Crippen molar-refractivity contribution in [3.8, 4) is 11.6 Å². The number of rotatable bonds is 14. The van der Waals surface area contributed by atoms with Crippen molar-refractivity contribution in [1.82, 2.24) is 24.8 Å². The molecule has 16 heteroatoms. The van der Waals surface area contributed by atoms with Gasteiger partial charge >= 0.3 is 6.09 Å². The van der Waals surface area contributed by atoms with Crippen molar-refractivity contribution in [3.05, 3.63) is 55.3 Å². The molecule has 5 atom stereocenters. The number of nitrogens with zero attached hydrogens (tertiary/aromatic N) is 3. The fourth-order valence-corrected chi connectivity index (χ4v) is 7.98. The molecule has 3 aliphatic rings. The van der Waals surface area contributed by atoms with E-state index in [9.17, 15) is 37.5 Å². The van der Waals surface area contributed by atoms with Crippen LogP contribution >= 0.6 is 0 Å². The summed E-state index contributed by atoms with van der Waals surface area (Å²) in [5.74, 6) is -2.85. The maximum atomic E-state index is 14.6. The molecule has 2 heterocycles. The Morgan fingerprint density at radius 1 is 1.19 bits per heavy atom. The van der Waals surface area contributed by atoms with Crippen LogP contribution in [0.15, 0.2) is 55.3 Å². The van der Waals surface area contributed by atoms with Crippen LogP contribution in [-0.2, 0) is 29.2 Å². The van der Waals surface area contributed by atoms with Gasteiger partial charge in [-0.3, -0.25) is 28.8 Å². The average Bonchev–Trinajstić information content (AvgIpc) is 3.99. The fourth-order valence-electron chi connectivity index (χ4n) is 6.62. The minimum Gasteiger partial charge on any atom is -0.497 e. The van der Waals surface area contributed by atoms with Gasteiger partial charge in [-0.25, -0.2) is 18.2 Å². The molecule has 1 aromatic carbocycles. The van der Waals surface area contributed by atoms with Crippen molar-refractivity contribution in [2.75, 3.05) is 13.7 Å². The molecule has 52 heavy (non-hydrogen) atoms. The van der Waals surface area contributed by atoms with Gasteiger partial charge in [-0.05, 0) is 82.2 Å². The third-order valence-electron chi connectivity index (χ3n) is 9.69. The zero-order valence-corrected chi connectivity index (χ0v) is 30.7. The number of nitrogens with one attached hydrogen (secondary N) is 2. The Kier molecular flexibility index (Phi) is 10.4. The van der Waals surface area contributed by atoms with Crippen molar-refractivity contribution >= 4 is 50.4 Å². The van der Waals surface area contributed by atoms with Crippen LogP contribution in [0.3, 0.4) is 0 Å². The minimum atomic E-state index is -3.95. The molecule has 1 saturated heterocycles. The van der Waals surface area contributed by atoms with Crippen LogP contribution in [0, 0.1) is 5.92 Å². The topological polar surface area (TPSA) is 202 Å². The summed E-state index contributed by atoms with van der Waals surface area (Å²) in [7, 11) is -2.41. The Hall–Kier alpha value is -4.99. The number of Topliss-reactive ketones (excluding diaryl/α,β-unsaturated/α-hetero) is 1. The highest BCUT2D eigenvalue weighted by Gasteiger charge is 2.62. The highest BCUT2D eigenvalue weighted by atomic mass is 32.2. The number of methoxy groups -OCH3 is 1. The summed E-state index contributed by atoms with van der Waals surface area (Å²) >= 11 is 0. The normalized spacial score (nSPS) is 23.2. The molecule has 2 aromatic rings. The Labute approximate surface area is 302 Å². The number of amides is 4. The number of sulfonamides is 1. The van der Waals surface area contributed by atoms with Crippen molar-refractivity contribution in [2.45, 2.75) is 94.3 Å². The van der Waals surface area contributed by atoms with E-state index in [2.05, 4.69) is 28.2 Å². The van der Waals surface area contributed by atoms with Gasteiger partial charge in [0, 0.05) is 35.9 Å². The first-order chi connectivity index (χ1) is 24.3. The van der Waals surface area contributed by atoms with Gasteiger partial charge in [0.25, 0.3) is 5.91 Å². The molecular weight excluding hydrogens is 694 g/mol. The third-order valence-corrected chi connectivity index (χ3v) is 11.5. The number of hydrogen-bond donors (Lipinski definition) is 3. The summed E-state index contributed by atoms with van der Waals surface area (Å²) in [6.07, 6.45) is 0.950. The van der Waals surface area contributed by atoms with Crippen molar-refractivity contribution < 1.29 is 47.0 Å². The zero-order chi connectivity index (χ0) is 38.3. The van der Waals surface area contributed by atoms with E-state index < -0.39 is 86.5 Å². The first-order valence-corrected chi connectivity index (χ1v) is 18.5. The van der Waals surface area contributed by atoms with Gasteiger partial charge < -0.3 is 24.8 Å². The third kappa shape index (κ3) is 7.76. The van der Waals surface area contributed by atoms with E-state index in [0.717, 1.165) is 15.2 Å². The van der Waals surface area contributed by atoms with E-state index in [1.807, 2.05) is 0 Å². The van der Waals surface area contributed by atoms with Gasteiger partial charge in [-0.2, -0.15) is 0 Å². The van der Waals surface area contributed by atoms with Gasteiger partial charge in [0.1, 0.15) is 29.5 Å². The molecule has 1 aliphatic heterocycles. The Morgan fingerprint density at radius 3 is 2.44 bits per heavy atom. The Bertz CT molecular complexity index is 1940. The first kappa shape index (κ1) is 38.2. The number of carboxylic acid groups (broad SMARTS) is 1. The first-order valence-electron chi connectivity index (χ1n) is 16.9. The number of fused-ring (bicyclic) bond motifs is 1. The largest absolute Gasteiger partial charge is 0.497 e. The lowest BCUT2D eigenvalue weighted by atomic mass is 9.97. The van der Waals surface area contributed by atoms with Crippen LogP contribution in [-0.4, -0.2) is 106 Å². The second-order valence-corrected chi connectivity index (χ2v) is 16.6. The number of ketones is 1. The highest BCUT2D eigenvalue weighted by molar-refractivity contribution is 7.91. The quantitative estimate of drug-likeness (QED) is 0.190. The van der Waals surface area contributed by atoms with Gasteiger partial charge in [0.15, 0.2) is 5.78 Å². The standard InChI is InChI=1S/C36H45N5O10S/c1-8-22-18-36(22,33(45)39-52(48,49)25-10-11-25)38-30(43)27-16-24(51-31-26-12-9-23(50-7)15-21(26)13-14-37-31)19-40(27)32(44)28(17-29(42)20(2)3)41(34(46)47)35(4,5)6/h8-9,12-15,22,24-25,27-28H,1-2,10-11,16-19H2,3-7H3,(H,38,43)(H,39,45)(H,46,47)/t22-,24-,27+,28+,36-/m1/s1. The van der Waals surface area contributed by atoms with Crippen LogP contribution < -0.4 is 19.5 Å². The summed E-state index contributed by atoms with van der Waals surface area (Å²) in [5.41, 5.74) is -2.67. The molecule has 0 spiro atoms. The molecule has 3 fully saturated rings. The van der Waals surface area contributed by atoms with Crippen molar-refractivity contribution in [1.29, 1.82) is 0 Å². The van der Waals surface area contributed by atoms with E-state index in [1.165, 1.54) is 26.3 Å². The maximum absolute atomic E-state index is 14.6. The number of likely N-dealkylation sites (tertiary alicyclic amines) is 1. The smallest absolute Gasteiger partial charge is 0.408 e. The zero-order valence-electron chi connectivity index (χ0n) is 29.9. The molecule has 5 rings (SSSR count). The van der Waals surface area contributed by atoms with Gasteiger partial charge in [0.05, 0.1) is 18.9 Å². The van der Waals surface area contributed by atoms with Crippen LogP contribution in [0.5, 0.6) is 11.6 Å². The van der Waals surface area contributed by atoms with Crippen LogP contribution in [0.1, 0.15) is 59.8 Å². The lowest BCUT2D eigenvalue weighted by molar-refractivity contribution is -0.145. The van der Waals surface area contributed by atoms with Crippen molar-refractivity contribution in [3.63, 3.8) is 0 Å². The lowest BCUT2D eigenvalue weighted by Gasteiger charge is -2.40. The molecule has 0 bridgehead atoms. The Morgan fingerprint density at radius 2 is 1.88 bits per heavy atom. The second-order valence-electron chi connectivity index (χ2n) is 14.6. The predicted octanol–water partition coefficient (Wildman–Crippen LogP) is 2.94. The summed E-state index contributed by atoms with van der Waals surface area (Å²) in [5, 5.41) is 13.7. The number of carbonyl (C=O) groups excluding carboxylic acids is 4. The summed E-state index contributed by atoms with van der Waals surface area (Å²) < 4.78 is 39.1. The van der Waals surface area contributed by atoms with Crippen LogP contribution in [0.25, 0.3) is 10.8 Å². The number of hydrogen-bond acceptors (Lipinski definition) is 10. The monoisotopic (exact) mass is 739 g/mol. The maximum Gasteiger partial charge on any atom is 0.408 e. The van der Waals surface area contributed by atoms with E-state index in [-0.39, 0.29) is 30.8 Å². The SMILES string of the molecule is C=C[C@@H]1C[C@]1(NC(=O)[C@@H]1C[C@@H](Oc2nccc3cc(OC)ccc23)CN1C(=O)[C@H](CC(=O)C(=C)C)N(C(=O)O)C(C)(C)C)C(=O)NS(=O)(=O)C1CC1. The minimum absolute atomic E-state index is 0.0742. The molecule has 15 nitrogen and oxygen atoms in total. The van der Waals surface area contributed by atoms with E-state index in [1.54, 1.807) is 45.0 Å². The predicted molar refractivity (Wildman–Crippen MR) is 190 cm³/mol. The van der Waals surface area contributed by atoms with Gasteiger partial charge in [-0.1, -0.05) is 12.7 Å². The second kappa shape index (κ2) is 14.2. The van der Waals surface area contributed by atoms with Crippen molar-refractivity contribution in [2.24, 2.45) is 5.92 Å². The van der Waals surface area contributed by atoms with E-state index in [0.29, 0.717) is 24.0 Å². The Balaban J connectivity index is 1.50. The molecule has 2 saturated carbocycles. The lowest BCUT2D eigenvalue weighted by Crippen LogP contribution is -2.61. The van der Waals surface area contributed by atoms with E-state index >= 15 is 0 Å². The average molecular weight is 740 g/mol. The van der Waals surface area contributed by atoms with Gasteiger partial charge in [-0.15, -0.1) is 6.58 Å². The molecule has 2 aliphatic carbocycles. The molecule has 0 radical (unpaired) electrons. The fraction of sp³-hybridized carbons (Fsp3) is 0.500. The molecule has 4 amide bonds. The number of carbonyl (C=O) groups is 5. The van der Waals surface area contributed by atoms with Crippen LogP contribution in [0.4, 0.5) is 4.79 Å². The molecular formula is C36H45N5O10S. The molecule has 1 aromatic heterocycles. The number of pyridine rings is 1. The van der Waals surface area contributed by atoms with Crippen LogP contribution in [0.2, 0.25) is 0 Å². The van der Waals surface area contributed by atoms with E-state index in [4.69, 9.17) is 9.47 Å². The number of aromatic nitrogens is 1. The summed E-state index contributed by atoms with van der Waals surface area (Å²) in [6, 6.07) is 4.17. The number of ether oxygens (including phenoxy) is 2. The highest BCUT2D eigenvalue weighted by Crippen LogP contribution is 2.45.